The molecule has 7 heteroatoms. The van der Waals surface area contributed by atoms with Crippen molar-refractivity contribution < 1.29 is 9.47 Å². The van der Waals surface area contributed by atoms with E-state index < -0.39 is 0 Å². The van der Waals surface area contributed by atoms with Gasteiger partial charge in [0.15, 0.2) is 5.65 Å². The molecule has 0 aliphatic rings. The predicted molar refractivity (Wildman–Crippen MR) is 91.1 cm³/mol. The lowest BCUT2D eigenvalue weighted by molar-refractivity contribution is 0.146. The first-order valence-electron chi connectivity index (χ1n) is 7.89. The van der Waals surface area contributed by atoms with E-state index in [1.165, 1.54) is 0 Å². The Morgan fingerprint density at radius 2 is 1.96 bits per heavy atom. The van der Waals surface area contributed by atoms with Crippen molar-refractivity contribution in [2.45, 2.75) is 12.8 Å². The minimum absolute atomic E-state index is 0.542. The minimum atomic E-state index is 0.542. The molecule has 0 radical (unpaired) electrons. The summed E-state index contributed by atoms with van der Waals surface area (Å²) >= 11 is 0. The molecule has 0 aliphatic heterocycles. The number of ether oxygens (including phenoxy) is 2. The number of imidazole rings is 1. The van der Waals surface area contributed by atoms with Crippen LogP contribution in [0.4, 0.5) is 0 Å². The van der Waals surface area contributed by atoms with E-state index in [9.17, 15) is 0 Å². The van der Waals surface area contributed by atoms with Crippen LogP contribution in [-0.2, 0) is 17.6 Å². The van der Waals surface area contributed by atoms with E-state index in [4.69, 9.17) is 15.2 Å². The molecule has 0 saturated carbocycles. The van der Waals surface area contributed by atoms with E-state index >= 15 is 0 Å². The number of fused-ring (bicyclic) bond motifs is 1. The quantitative estimate of drug-likeness (QED) is 0.608. The largest absolute Gasteiger partial charge is 0.491 e. The molecular formula is C17H21N5O2. The number of aromatic nitrogens is 4. The second-order valence-electron chi connectivity index (χ2n) is 5.41. The van der Waals surface area contributed by atoms with Gasteiger partial charge < -0.3 is 20.2 Å². The van der Waals surface area contributed by atoms with Gasteiger partial charge in [-0.15, -0.1) is 0 Å². The SMILES string of the molecule is COCCOc1ccc(Cc2ncc3[nH]c(CCN)nc3n2)cc1. The third-order valence-electron chi connectivity index (χ3n) is 3.56. The number of methoxy groups -OCH3 is 1. The van der Waals surface area contributed by atoms with Gasteiger partial charge >= 0.3 is 0 Å². The number of rotatable bonds is 8. The van der Waals surface area contributed by atoms with Gasteiger partial charge in [-0.25, -0.2) is 15.0 Å². The van der Waals surface area contributed by atoms with Crippen LogP contribution in [0.25, 0.3) is 11.2 Å². The summed E-state index contributed by atoms with van der Waals surface area (Å²) in [5.41, 5.74) is 8.19. The maximum Gasteiger partial charge on any atom is 0.181 e. The summed E-state index contributed by atoms with van der Waals surface area (Å²) in [4.78, 5) is 16.5. The number of aromatic amines is 1. The third kappa shape index (κ3) is 4.06. The number of H-pyrrole nitrogens is 1. The summed E-state index contributed by atoms with van der Waals surface area (Å²) in [7, 11) is 1.65. The average molecular weight is 327 g/mol. The van der Waals surface area contributed by atoms with Crippen molar-refractivity contribution >= 4 is 11.2 Å². The molecule has 0 amide bonds. The van der Waals surface area contributed by atoms with Gasteiger partial charge in [0.05, 0.1) is 12.8 Å². The Labute approximate surface area is 140 Å². The summed E-state index contributed by atoms with van der Waals surface area (Å²) < 4.78 is 10.5. The molecule has 2 heterocycles. The first kappa shape index (κ1) is 16.4. The second-order valence-corrected chi connectivity index (χ2v) is 5.41. The molecule has 1 aromatic carbocycles. The fraction of sp³-hybridized carbons (Fsp3) is 0.353. The molecule has 3 N–H and O–H groups in total. The van der Waals surface area contributed by atoms with Gasteiger partial charge in [-0.3, -0.25) is 0 Å². The summed E-state index contributed by atoms with van der Waals surface area (Å²) in [6.45, 7) is 1.67. The zero-order valence-electron chi connectivity index (χ0n) is 13.7. The number of benzene rings is 1. The number of hydrogen-bond donors (Lipinski definition) is 2. The molecule has 0 fully saturated rings. The molecular weight excluding hydrogens is 306 g/mol. The minimum Gasteiger partial charge on any atom is -0.491 e. The van der Waals surface area contributed by atoms with Crippen molar-refractivity contribution in [2.75, 3.05) is 26.9 Å². The standard InChI is InChI=1S/C17H21N5O2/c1-23-8-9-24-13-4-2-12(3-5-13)10-16-19-11-14-17(22-16)21-15(20-14)6-7-18/h2-5,11H,6-10,18H2,1H3,(H,19,20,21,22). The van der Waals surface area contributed by atoms with E-state index in [0.717, 1.165) is 28.5 Å². The maximum atomic E-state index is 5.55. The van der Waals surface area contributed by atoms with Gasteiger partial charge in [-0.05, 0) is 24.2 Å². The highest BCUT2D eigenvalue weighted by atomic mass is 16.5. The molecule has 3 aromatic rings. The molecule has 0 spiro atoms. The lowest BCUT2D eigenvalue weighted by atomic mass is 10.1. The van der Waals surface area contributed by atoms with E-state index in [1.54, 1.807) is 13.3 Å². The highest BCUT2D eigenvalue weighted by molar-refractivity contribution is 5.69. The molecule has 7 nitrogen and oxygen atoms in total. The van der Waals surface area contributed by atoms with Crippen LogP contribution in [0.1, 0.15) is 17.2 Å². The summed E-state index contributed by atoms with van der Waals surface area (Å²) in [5, 5.41) is 0. The first-order valence-corrected chi connectivity index (χ1v) is 7.89. The van der Waals surface area contributed by atoms with Gasteiger partial charge in [-0.1, -0.05) is 12.1 Å². The highest BCUT2D eigenvalue weighted by Crippen LogP contribution is 2.15. The normalized spacial score (nSPS) is 11.1. The Hall–Kier alpha value is -2.51. The predicted octanol–water partition coefficient (Wildman–Crippen LogP) is 1.47. The smallest absolute Gasteiger partial charge is 0.181 e. The highest BCUT2D eigenvalue weighted by Gasteiger charge is 2.07. The van der Waals surface area contributed by atoms with E-state index in [-0.39, 0.29) is 0 Å². The zero-order valence-corrected chi connectivity index (χ0v) is 13.7. The molecule has 0 bridgehead atoms. The van der Waals surface area contributed by atoms with E-state index in [1.807, 2.05) is 24.3 Å². The third-order valence-corrected chi connectivity index (χ3v) is 3.56. The van der Waals surface area contributed by atoms with Crippen molar-refractivity contribution in [3.63, 3.8) is 0 Å². The number of nitrogens with two attached hydrogens (primary N) is 1. The first-order chi connectivity index (χ1) is 11.8. The number of nitrogens with one attached hydrogen (secondary N) is 1. The molecule has 2 aromatic heterocycles. The lowest BCUT2D eigenvalue weighted by Gasteiger charge is -2.06. The molecule has 3 rings (SSSR count). The van der Waals surface area contributed by atoms with Gasteiger partial charge in [0.2, 0.25) is 0 Å². The Morgan fingerprint density at radius 1 is 1.12 bits per heavy atom. The van der Waals surface area contributed by atoms with Crippen LogP contribution in [0.15, 0.2) is 30.5 Å². The fourth-order valence-electron chi connectivity index (χ4n) is 2.36. The number of nitrogens with zero attached hydrogens (tertiary/aromatic N) is 3. The molecule has 0 saturated heterocycles. The van der Waals surface area contributed by atoms with Crippen LogP contribution in [0.3, 0.4) is 0 Å². The Balaban J connectivity index is 1.67. The maximum absolute atomic E-state index is 5.55. The molecule has 0 aliphatic carbocycles. The second kappa shape index (κ2) is 7.85. The van der Waals surface area contributed by atoms with Gasteiger partial charge in [0, 0.05) is 20.0 Å². The fourth-order valence-corrected chi connectivity index (χ4v) is 2.36. The van der Waals surface area contributed by atoms with Crippen LogP contribution >= 0.6 is 0 Å². The topological polar surface area (TPSA) is 98.9 Å². The van der Waals surface area contributed by atoms with E-state index in [2.05, 4.69) is 19.9 Å². The number of hydrogen-bond acceptors (Lipinski definition) is 6. The van der Waals surface area contributed by atoms with Crippen LogP contribution in [0, 0.1) is 0 Å². The molecule has 126 valence electrons. The molecule has 24 heavy (non-hydrogen) atoms. The van der Waals surface area contributed by atoms with E-state index in [0.29, 0.717) is 38.2 Å². The van der Waals surface area contributed by atoms with Crippen LogP contribution in [0.2, 0.25) is 0 Å². The molecule has 0 unspecified atom stereocenters. The zero-order chi connectivity index (χ0) is 16.8. The van der Waals surface area contributed by atoms with Crippen molar-refractivity contribution in [1.82, 2.24) is 19.9 Å². The monoisotopic (exact) mass is 327 g/mol. The summed E-state index contributed by atoms with van der Waals surface area (Å²) in [5.74, 6) is 2.41. The van der Waals surface area contributed by atoms with Crippen LogP contribution in [0.5, 0.6) is 5.75 Å². The van der Waals surface area contributed by atoms with Crippen molar-refractivity contribution in [1.29, 1.82) is 0 Å². The Kier molecular flexibility index (Phi) is 5.35. The van der Waals surface area contributed by atoms with Crippen LogP contribution < -0.4 is 10.5 Å². The van der Waals surface area contributed by atoms with Gasteiger partial charge in [0.25, 0.3) is 0 Å². The van der Waals surface area contributed by atoms with Crippen molar-refractivity contribution in [2.24, 2.45) is 5.73 Å². The average Bonchev–Trinajstić information content (AvgIpc) is 2.99. The Morgan fingerprint density at radius 3 is 2.71 bits per heavy atom. The lowest BCUT2D eigenvalue weighted by Crippen LogP contribution is -2.04. The summed E-state index contributed by atoms with van der Waals surface area (Å²) in [6.07, 6.45) is 3.12. The van der Waals surface area contributed by atoms with Crippen molar-refractivity contribution in [3.05, 3.63) is 47.7 Å². The van der Waals surface area contributed by atoms with Gasteiger partial charge in [0.1, 0.15) is 29.5 Å². The summed E-state index contributed by atoms with van der Waals surface area (Å²) in [6, 6.07) is 7.91. The van der Waals surface area contributed by atoms with Crippen molar-refractivity contribution in [3.8, 4) is 5.75 Å². The Bertz CT molecular complexity index is 785. The van der Waals surface area contributed by atoms with Crippen LogP contribution in [-0.4, -0.2) is 46.8 Å². The molecule has 0 atom stereocenters. The van der Waals surface area contributed by atoms with Gasteiger partial charge in [-0.2, -0.15) is 0 Å².